The molecule has 2 heteroatoms. The van der Waals surface area contributed by atoms with Gasteiger partial charge in [0.15, 0.2) is 0 Å². The molecule has 1 heterocycles. The van der Waals surface area contributed by atoms with E-state index in [-0.39, 0.29) is 11.0 Å². The van der Waals surface area contributed by atoms with E-state index in [0.29, 0.717) is 0 Å². The van der Waals surface area contributed by atoms with Gasteiger partial charge in [-0.05, 0) is 36.1 Å². The number of halogens is 1. The fourth-order valence-corrected chi connectivity index (χ4v) is 3.25. The molecular formula is C16H17ClO. The minimum absolute atomic E-state index is 0.211. The van der Waals surface area contributed by atoms with Gasteiger partial charge in [0.05, 0.1) is 5.60 Å². The molecule has 1 nitrogen and oxygen atoms in total. The molecule has 2 aromatic rings. The Kier molecular flexibility index (Phi) is 3.04. The Balaban J connectivity index is 2.13. The van der Waals surface area contributed by atoms with E-state index in [2.05, 4.69) is 49.4 Å². The summed E-state index contributed by atoms with van der Waals surface area (Å²) in [4.78, 5) is 0. The maximum Gasteiger partial charge on any atom is 0.0923 e. The Labute approximate surface area is 113 Å². The molecule has 94 valence electrons. The smallest absolute Gasteiger partial charge is 0.0923 e. The molecule has 18 heavy (non-hydrogen) atoms. The van der Waals surface area contributed by atoms with Gasteiger partial charge in [0.1, 0.15) is 0 Å². The zero-order chi connectivity index (χ0) is 12.6. The van der Waals surface area contributed by atoms with Crippen LogP contribution in [0.1, 0.15) is 25.3 Å². The Bertz CT molecular complexity index is 561. The van der Waals surface area contributed by atoms with E-state index in [1.54, 1.807) is 0 Å². The summed E-state index contributed by atoms with van der Waals surface area (Å²) in [5, 5.41) is 2.74. The lowest BCUT2D eigenvalue weighted by Gasteiger charge is -2.37. The number of benzene rings is 2. The van der Waals surface area contributed by atoms with Crippen molar-refractivity contribution in [2.75, 3.05) is 6.61 Å². The Morgan fingerprint density at radius 2 is 1.94 bits per heavy atom. The van der Waals surface area contributed by atoms with E-state index in [1.807, 2.05) is 0 Å². The van der Waals surface area contributed by atoms with Gasteiger partial charge in [-0.3, -0.25) is 0 Å². The van der Waals surface area contributed by atoms with Crippen molar-refractivity contribution in [3.63, 3.8) is 0 Å². The minimum atomic E-state index is -0.258. The van der Waals surface area contributed by atoms with E-state index >= 15 is 0 Å². The predicted molar refractivity (Wildman–Crippen MR) is 76.1 cm³/mol. The number of ether oxygens (including phenoxy) is 1. The van der Waals surface area contributed by atoms with Crippen molar-refractivity contribution in [3.8, 4) is 0 Å². The van der Waals surface area contributed by atoms with E-state index in [0.717, 1.165) is 19.4 Å². The molecule has 1 fully saturated rings. The van der Waals surface area contributed by atoms with Crippen LogP contribution in [-0.2, 0) is 10.3 Å². The fraction of sp³-hybridized carbons (Fsp3) is 0.375. The highest BCUT2D eigenvalue weighted by atomic mass is 35.5. The summed E-state index contributed by atoms with van der Waals surface area (Å²) in [6.07, 6.45) is 1.82. The summed E-state index contributed by atoms with van der Waals surface area (Å²) in [7, 11) is 0. The lowest BCUT2D eigenvalue weighted by atomic mass is 9.85. The van der Waals surface area contributed by atoms with Crippen molar-refractivity contribution in [3.05, 3.63) is 48.0 Å². The summed E-state index contributed by atoms with van der Waals surface area (Å²) < 4.78 is 6.05. The summed E-state index contributed by atoms with van der Waals surface area (Å²) in [5.74, 6) is 0. The van der Waals surface area contributed by atoms with E-state index in [4.69, 9.17) is 16.3 Å². The molecule has 0 amide bonds. The Hall–Kier alpha value is -1.05. The standard InChI is InChI=1S/C16H17ClO/c1-16(11-13(17)9-10-18-16)15-8-4-6-12-5-2-3-7-14(12)15/h2-8,13H,9-11H2,1H3. The summed E-state index contributed by atoms with van der Waals surface area (Å²) in [6.45, 7) is 2.90. The van der Waals surface area contributed by atoms with E-state index in [9.17, 15) is 0 Å². The quantitative estimate of drug-likeness (QED) is 0.688. The van der Waals surface area contributed by atoms with Gasteiger partial charge in [-0.2, -0.15) is 0 Å². The van der Waals surface area contributed by atoms with Gasteiger partial charge in [0.2, 0.25) is 0 Å². The van der Waals surface area contributed by atoms with Crippen molar-refractivity contribution in [2.45, 2.75) is 30.7 Å². The van der Waals surface area contributed by atoms with Crippen LogP contribution in [0, 0.1) is 0 Å². The van der Waals surface area contributed by atoms with Crippen molar-refractivity contribution < 1.29 is 4.74 Å². The zero-order valence-corrected chi connectivity index (χ0v) is 11.3. The van der Waals surface area contributed by atoms with Gasteiger partial charge in [0.25, 0.3) is 0 Å². The highest BCUT2D eigenvalue weighted by molar-refractivity contribution is 6.20. The van der Waals surface area contributed by atoms with Gasteiger partial charge < -0.3 is 4.74 Å². The highest BCUT2D eigenvalue weighted by Gasteiger charge is 2.35. The number of alkyl halides is 1. The second-order valence-electron chi connectivity index (χ2n) is 5.20. The molecule has 2 aromatic carbocycles. The predicted octanol–water partition coefficient (Wildman–Crippen LogP) is 4.47. The molecule has 0 spiro atoms. The molecule has 0 bridgehead atoms. The molecule has 3 rings (SSSR count). The minimum Gasteiger partial charge on any atom is -0.370 e. The van der Waals surface area contributed by atoms with Crippen LogP contribution in [0.15, 0.2) is 42.5 Å². The van der Waals surface area contributed by atoms with Crippen LogP contribution in [-0.4, -0.2) is 12.0 Å². The molecule has 0 radical (unpaired) electrons. The second-order valence-corrected chi connectivity index (χ2v) is 5.81. The fourth-order valence-electron chi connectivity index (χ4n) is 2.87. The summed E-state index contributed by atoms with van der Waals surface area (Å²) in [5.41, 5.74) is 0.997. The Morgan fingerprint density at radius 1 is 1.17 bits per heavy atom. The van der Waals surface area contributed by atoms with Gasteiger partial charge in [-0.1, -0.05) is 42.5 Å². The SMILES string of the molecule is CC1(c2cccc3ccccc23)CC(Cl)CCO1. The average molecular weight is 261 g/mol. The maximum absolute atomic E-state index is 6.32. The first-order valence-corrected chi connectivity index (χ1v) is 6.89. The van der Waals surface area contributed by atoms with Crippen molar-refractivity contribution in [1.29, 1.82) is 0 Å². The lowest BCUT2D eigenvalue weighted by molar-refractivity contribution is -0.0673. The molecule has 1 saturated heterocycles. The van der Waals surface area contributed by atoms with Gasteiger partial charge in [-0.15, -0.1) is 11.6 Å². The monoisotopic (exact) mass is 260 g/mol. The number of rotatable bonds is 1. The zero-order valence-electron chi connectivity index (χ0n) is 10.5. The highest BCUT2D eigenvalue weighted by Crippen LogP contribution is 2.39. The van der Waals surface area contributed by atoms with E-state index < -0.39 is 0 Å². The van der Waals surface area contributed by atoms with Crippen LogP contribution in [0.5, 0.6) is 0 Å². The Morgan fingerprint density at radius 3 is 2.78 bits per heavy atom. The lowest BCUT2D eigenvalue weighted by Crippen LogP contribution is -2.35. The van der Waals surface area contributed by atoms with Gasteiger partial charge in [-0.25, -0.2) is 0 Å². The molecular weight excluding hydrogens is 244 g/mol. The van der Waals surface area contributed by atoms with Crippen LogP contribution >= 0.6 is 11.6 Å². The third-order valence-corrected chi connectivity index (χ3v) is 4.19. The molecule has 2 atom stereocenters. The van der Waals surface area contributed by atoms with Gasteiger partial charge in [0, 0.05) is 12.0 Å². The third-order valence-electron chi connectivity index (χ3n) is 3.82. The van der Waals surface area contributed by atoms with Crippen molar-refractivity contribution in [1.82, 2.24) is 0 Å². The third kappa shape index (κ3) is 2.02. The molecule has 2 unspecified atom stereocenters. The van der Waals surface area contributed by atoms with Crippen LogP contribution in [0.25, 0.3) is 10.8 Å². The molecule has 1 aliphatic rings. The number of hydrogen-bond acceptors (Lipinski definition) is 1. The second kappa shape index (κ2) is 4.56. The van der Waals surface area contributed by atoms with Crippen LogP contribution in [0.4, 0.5) is 0 Å². The first-order valence-electron chi connectivity index (χ1n) is 6.45. The molecule has 0 aliphatic carbocycles. The number of fused-ring (bicyclic) bond motifs is 1. The average Bonchev–Trinajstić information content (AvgIpc) is 2.38. The maximum atomic E-state index is 6.32. The summed E-state index contributed by atoms with van der Waals surface area (Å²) in [6, 6.07) is 14.9. The van der Waals surface area contributed by atoms with Crippen LogP contribution in [0.3, 0.4) is 0 Å². The molecule has 0 saturated carbocycles. The topological polar surface area (TPSA) is 9.23 Å². The molecule has 0 aromatic heterocycles. The van der Waals surface area contributed by atoms with Crippen molar-refractivity contribution in [2.24, 2.45) is 0 Å². The van der Waals surface area contributed by atoms with Crippen LogP contribution < -0.4 is 0 Å². The molecule has 0 N–H and O–H groups in total. The number of hydrogen-bond donors (Lipinski definition) is 0. The first-order chi connectivity index (χ1) is 8.69. The summed E-state index contributed by atoms with van der Waals surface area (Å²) >= 11 is 6.32. The largest absolute Gasteiger partial charge is 0.370 e. The van der Waals surface area contributed by atoms with Crippen LogP contribution in [0.2, 0.25) is 0 Å². The van der Waals surface area contributed by atoms with Crippen molar-refractivity contribution >= 4 is 22.4 Å². The van der Waals surface area contributed by atoms with Gasteiger partial charge >= 0.3 is 0 Å². The molecule has 1 aliphatic heterocycles. The van der Waals surface area contributed by atoms with E-state index in [1.165, 1.54) is 16.3 Å². The normalized spacial score (nSPS) is 28.4. The first kappa shape index (κ1) is 12.0.